The zero-order chi connectivity index (χ0) is 15.5. The molecule has 3 heterocycles. The van der Waals surface area contributed by atoms with E-state index in [0.29, 0.717) is 0 Å². The van der Waals surface area contributed by atoms with Gasteiger partial charge in [0, 0.05) is 57.4 Å². The molecule has 0 saturated carbocycles. The quantitative estimate of drug-likeness (QED) is 0.868. The molecule has 0 bridgehead atoms. The molecule has 2 aromatic rings. The van der Waals surface area contributed by atoms with Gasteiger partial charge in [0.1, 0.15) is 5.69 Å². The van der Waals surface area contributed by atoms with Gasteiger partial charge in [0.25, 0.3) is 5.91 Å². The van der Waals surface area contributed by atoms with E-state index in [1.807, 2.05) is 40.9 Å². The highest BCUT2D eigenvalue weighted by atomic mass is 16.2. The van der Waals surface area contributed by atoms with E-state index in [0.717, 1.165) is 49.5 Å². The Bertz CT molecular complexity index is 642. The average Bonchev–Trinajstić information content (AvgIpc) is 2.97. The van der Waals surface area contributed by atoms with Crippen LogP contribution in [0.2, 0.25) is 0 Å². The lowest BCUT2D eigenvalue weighted by Gasteiger charge is -2.34. The van der Waals surface area contributed by atoms with Gasteiger partial charge in [-0.15, -0.1) is 0 Å². The Labute approximate surface area is 131 Å². The number of piperazine rings is 1. The Morgan fingerprint density at radius 2 is 1.82 bits per heavy atom. The van der Waals surface area contributed by atoms with Crippen LogP contribution in [0, 0.1) is 0 Å². The van der Waals surface area contributed by atoms with E-state index >= 15 is 0 Å². The number of likely N-dealkylation sites (N-methyl/N-ethyl adjacent to an activating group) is 1. The van der Waals surface area contributed by atoms with Gasteiger partial charge in [0.05, 0.1) is 0 Å². The maximum Gasteiger partial charge on any atom is 0.270 e. The molecule has 5 heteroatoms. The first-order chi connectivity index (χ1) is 10.7. The second-order valence-electron chi connectivity index (χ2n) is 5.69. The van der Waals surface area contributed by atoms with E-state index in [1.54, 1.807) is 12.4 Å². The number of aromatic nitrogens is 2. The highest BCUT2D eigenvalue weighted by molar-refractivity contribution is 5.94. The van der Waals surface area contributed by atoms with Crippen LogP contribution in [0.15, 0.2) is 36.8 Å². The second-order valence-corrected chi connectivity index (χ2v) is 5.69. The van der Waals surface area contributed by atoms with Gasteiger partial charge in [-0.1, -0.05) is 6.92 Å². The maximum absolute atomic E-state index is 12.7. The molecule has 116 valence electrons. The monoisotopic (exact) mass is 298 g/mol. The van der Waals surface area contributed by atoms with Crippen molar-refractivity contribution >= 4 is 5.91 Å². The molecule has 0 aromatic carbocycles. The van der Waals surface area contributed by atoms with Crippen molar-refractivity contribution in [2.24, 2.45) is 7.05 Å². The molecular weight excluding hydrogens is 276 g/mol. The summed E-state index contributed by atoms with van der Waals surface area (Å²) in [5.74, 6) is 0.124. The fraction of sp³-hybridized carbons (Fsp3) is 0.412. The van der Waals surface area contributed by atoms with Gasteiger partial charge in [0.2, 0.25) is 0 Å². The van der Waals surface area contributed by atoms with Crippen molar-refractivity contribution in [1.29, 1.82) is 0 Å². The Morgan fingerprint density at radius 1 is 1.14 bits per heavy atom. The van der Waals surface area contributed by atoms with Crippen LogP contribution in [-0.2, 0) is 7.05 Å². The molecule has 1 saturated heterocycles. The number of amides is 1. The third-order valence-corrected chi connectivity index (χ3v) is 4.34. The molecule has 0 unspecified atom stereocenters. The lowest BCUT2D eigenvalue weighted by atomic mass is 10.1. The van der Waals surface area contributed by atoms with Crippen LogP contribution in [0.5, 0.6) is 0 Å². The van der Waals surface area contributed by atoms with Crippen molar-refractivity contribution in [3.8, 4) is 11.1 Å². The van der Waals surface area contributed by atoms with Crippen molar-refractivity contribution in [3.05, 3.63) is 42.5 Å². The van der Waals surface area contributed by atoms with Crippen molar-refractivity contribution in [1.82, 2.24) is 19.4 Å². The number of hydrogen-bond acceptors (Lipinski definition) is 3. The smallest absolute Gasteiger partial charge is 0.270 e. The normalized spacial score (nSPS) is 16.0. The topological polar surface area (TPSA) is 41.4 Å². The van der Waals surface area contributed by atoms with Gasteiger partial charge in [-0.05, 0) is 30.3 Å². The molecular formula is C17H22N4O. The predicted octanol–water partition coefficient (Wildman–Crippen LogP) is 1.86. The first-order valence-corrected chi connectivity index (χ1v) is 7.77. The van der Waals surface area contributed by atoms with E-state index in [-0.39, 0.29) is 5.91 Å². The summed E-state index contributed by atoms with van der Waals surface area (Å²) in [5, 5.41) is 0. The fourth-order valence-corrected chi connectivity index (χ4v) is 2.91. The summed E-state index contributed by atoms with van der Waals surface area (Å²) in [6.45, 7) is 6.76. The third-order valence-electron chi connectivity index (χ3n) is 4.34. The molecule has 0 spiro atoms. The van der Waals surface area contributed by atoms with Crippen LogP contribution in [0.1, 0.15) is 17.4 Å². The SMILES string of the molecule is CCN1CCN(C(=O)c2cc(-c3ccncc3)cn2C)CC1. The molecule has 0 radical (unpaired) electrons. The summed E-state index contributed by atoms with van der Waals surface area (Å²) in [6, 6.07) is 5.90. The van der Waals surface area contributed by atoms with Crippen LogP contribution >= 0.6 is 0 Å². The van der Waals surface area contributed by atoms with Crippen molar-refractivity contribution in [2.75, 3.05) is 32.7 Å². The minimum atomic E-state index is 0.124. The molecule has 1 aliphatic rings. The largest absolute Gasteiger partial charge is 0.346 e. The van der Waals surface area contributed by atoms with Gasteiger partial charge in [-0.25, -0.2) is 0 Å². The Kier molecular flexibility index (Phi) is 4.24. The van der Waals surface area contributed by atoms with Gasteiger partial charge >= 0.3 is 0 Å². The number of aryl methyl sites for hydroxylation is 1. The first kappa shape index (κ1) is 14.8. The molecule has 5 nitrogen and oxygen atoms in total. The number of rotatable bonds is 3. The third kappa shape index (κ3) is 2.90. The number of carbonyl (C=O) groups is 1. The highest BCUT2D eigenvalue weighted by Crippen LogP contribution is 2.22. The number of carbonyl (C=O) groups excluding carboxylic acids is 1. The minimum Gasteiger partial charge on any atom is -0.346 e. The van der Waals surface area contributed by atoms with Crippen molar-refractivity contribution < 1.29 is 4.79 Å². The number of pyridine rings is 1. The first-order valence-electron chi connectivity index (χ1n) is 7.77. The van der Waals surface area contributed by atoms with E-state index in [9.17, 15) is 4.79 Å². The van der Waals surface area contributed by atoms with Gasteiger partial charge in [-0.2, -0.15) is 0 Å². The van der Waals surface area contributed by atoms with Crippen LogP contribution in [-0.4, -0.2) is 58.0 Å². The Balaban J connectivity index is 1.78. The summed E-state index contributed by atoms with van der Waals surface area (Å²) in [6.07, 6.45) is 5.55. The molecule has 1 amide bonds. The zero-order valence-corrected chi connectivity index (χ0v) is 13.2. The standard InChI is InChI=1S/C17H22N4O/c1-3-20-8-10-21(11-9-20)17(22)16-12-15(13-19(16)2)14-4-6-18-7-5-14/h4-7,12-13H,3,8-11H2,1-2H3. The molecule has 0 atom stereocenters. The molecule has 2 aromatic heterocycles. The minimum absolute atomic E-state index is 0.124. The van der Waals surface area contributed by atoms with Crippen molar-refractivity contribution in [3.63, 3.8) is 0 Å². The fourth-order valence-electron chi connectivity index (χ4n) is 2.91. The maximum atomic E-state index is 12.7. The van der Waals surface area contributed by atoms with Crippen LogP contribution in [0.25, 0.3) is 11.1 Å². The molecule has 3 rings (SSSR count). The Hall–Kier alpha value is -2.14. The summed E-state index contributed by atoms with van der Waals surface area (Å²) >= 11 is 0. The van der Waals surface area contributed by atoms with Crippen LogP contribution < -0.4 is 0 Å². The lowest BCUT2D eigenvalue weighted by Crippen LogP contribution is -2.48. The summed E-state index contributed by atoms with van der Waals surface area (Å²) in [4.78, 5) is 21.1. The van der Waals surface area contributed by atoms with Gasteiger partial charge < -0.3 is 14.4 Å². The molecule has 1 aliphatic heterocycles. The van der Waals surface area contributed by atoms with Crippen LogP contribution in [0.4, 0.5) is 0 Å². The Morgan fingerprint density at radius 3 is 2.45 bits per heavy atom. The molecule has 0 N–H and O–H groups in total. The molecule has 0 aliphatic carbocycles. The molecule has 22 heavy (non-hydrogen) atoms. The highest BCUT2D eigenvalue weighted by Gasteiger charge is 2.23. The average molecular weight is 298 g/mol. The summed E-state index contributed by atoms with van der Waals surface area (Å²) < 4.78 is 1.92. The lowest BCUT2D eigenvalue weighted by molar-refractivity contribution is 0.0634. The van der Waals surface area contributed by atoms with Crippen molar-refractivity contribution in [2.45, 2.75) is 6.92 Å². The summed E-state index contributed by atoms with van der Waals surface area (Å²) in [5.41, 5.74) is 2.89. The van der Waals surface area contributed by atoms with E-state index in [1.165, 1.54) is 0 Å². The van der Waals surface area contributed by atoms with Gasteiger partial charge in [-0.3, -0.25) is 9.78 Å². The van der Waals surface area contributed by atoms with E-state index in [2.05, 4.69) is 16.8 Å². The van der Waals surface area contributed by atoms with E-state index < -0.39 is 0 Å². The number of nitrogens with zero attached hydrogens (tertiary/aromatic N) is 4. The second kappa shape index (κ2) is 6.32. The van der Waals surface area contributed by atoms with E-state index in [4.69, 9.17) is 0 Å². The van der Waals surface area contributed by atoms with Gasteiger partial charge in [0.15, 0.2) is 0 Å². The molecule has 1 fully saturated rings. The zero-order valence-electron chi connectivity index (χ0n) is 13.2. The predicted molar refractivity (Wildman–Crippen MR) is 86.7 cm³/mol. The number of hydrogen-bond donors (Lipinski definition) is 0. The van der Waals surface area contributed by atoms with Crippen LogP contribution in [0.3, 0.4) is 0 Å². The summed E-state index contributed by atoms with van der Waals surface area (Å²) in [7, 11) is 1.93.